The van der Waals surface area contributed by atoms with Crippen LogP contribution in [0.15, 0.2) is 189 Å². The number of fused-ring (bicyclic) bond motifs is 6. The molecule has 0 spiro atoms. The van der Waals surface area contributed by atoms with Gasteiger partial charge >= 0.3 is 0 Å². The molecule has 2 aliphatic carbocycles. The van der Waals surface area contributed by atoms with Crippen LogP contribution in [0.3, 0.4) is 0 Å². The van der Waals surface area contributed by atoms with Crippen molar-refractivity contribution in [1.82, 2.24) is 15.0 Å². The highest BCUT2D eigenvalue weighted by Crippen LogP contribution is 2.57. The molecule has 2 unspecified atom stereocenters. The third-order valence-electron chi connectivity index (χ3n) is 14.1. The van der Waals surface area contributed by atoms with Crippen LogP contribution in [-0.2, 0) is 5.41 Å². The zero-order valence-electron chi connectivity index (χ0n) is 37.3. The summed E-state index contributed by atoms with van der Waals surface area (Å²) in [6, 6.07) is 59.0. The molecule has 0 saturated heterocycles. The van der Waals surface area contributed by atoms with Gasteiger partial charge in [-0.2, -0.15) is 0 Å². The van der Waals surface area contributed by atoms with Crippen LogP contribution in [-0.4, -0.2) is 15.0 Å². The predicted octanol–water partition coefficient (Wildman–Crippen LogP) is 16.8. The fourth-order valence-corrected chi connectivity index (χ4v) is 11.9. The van der Waals surface area contributed by atoms with Crippen LogP contribution in [0.5, 0.6) is 0 Å². The summed E-state index contributed by atoms with van der Waals surface area (Å²) in [5, 5.41) is 2.44. The Hall–Kier alpha value is -7.01. The maximum absolute atomic E-state index is 5.25. The molecule has 9 aromatic rings. The molecule has 7 aromatic carbocycles. The normalized spacial score (nSPS) is 16.8. The molecule has 3 nitrogen and oxygen atoms in total. The highest BCUT2D eigenvalue weighted by molar-refractivity contribution is 7.25. The van der Waals surface area contributed by atoms with Gasteiger partial charge in [0.25, 0.3) is 0 Å². The van der Waals surface area contributed by atoms with Gasteiger partial charge in [-0.3, -0.25) is 0 Å². The van der Waals surface area contributed by atoms with Crippen molar-refractivity contribution in [2.24, 2.45) is 5.92 Å². The smallest absolute Gasteiger partial charge is 0.164 e. The summed E-state index contributed by atoms with van der Waals surface area (Å²) in [7, 11) is 0. The van der Waals surface area contributed by atoms with Crippen molar-refractivity contribution >= 4 is 42.7 Å². The molecule has 0 amide bonds. The van der Waals surface area contributed by atoms with Crippen LogP contribution in [0, 0.1) is 5.92 Å². The Labute approximate surface area is 386 Å². The quantitative estimate of drug-likeness (QED) is 0.136. The summed E-state index contributed by atoms with van der Waals surface area (Å²) >= 11 is 1.82. The molecule has 2 heterocycles. The number of benzene rings is 7. The summed E-state index contributed by atoms with van der Waals surface area (Å²) in [5.41, 5.74) is 15.2. The summed E-state index contributed by atoms with van der Waals surface area (Å²) in [6.45, 7) is 11.7. The van der Waals surface area contributed by atoms with E-state index < -0.39 is 0 Å². The predicted molar refractivity (Wildman–Crippen MR) is 276 cm³/mol. The van der Waals surface area contributed by atoms with Crippen LogP contribution < -0.4 is 0 Å². The molecular formula is C61H51N3S. The fraction of sp³-hybridized carbons (Fsp3) is 0.164. The van der Waals surface area contributed by atoms with Gasteiger partial charge in [0.15, 0.2) is 17.5 Å². The number of rotatable bonds is 9. The van der Waals surface area contributed by atoms with Gasteiger partial charge in [0.05, 0.1) is 0 Å². The molecule has 0 radical (unpaired) electrons. The highest BCUT2D eigenvalue weighted by atomic mass is 32.1. The van der Waals surface area contributed by atoms with E-state index in [1.165, 1.54) is 84.8 Å². The van der Waals surface area contributed by atoms with E-state index in [0.29, 0.717) is 23.4 Å². The molecule has 0 bridgehead atoms. The van der Waals surface area contributed by atoms with Gasteiger partial charge in [0, 0.05) is 36.9 Å². The summed E-state index contributed by atoms with van der Waals surface area (Å²) < 4.78 is 2.48. The van der Waals surface area contributed by atoms with Gasteiger partial charge in [0.1, 0.15) is 0 Å². The Morgan fingerprint density at radius 3 is 1.95 bits per heavy atom. The monoisotopic (exact) mass is 857 g/mol. The molecule has 316 valence electrons. The van der Waals surface area contributed by atoms with Crippen LogP contribution in [0.25, 0.3) is 87.5 Å². The van der Waals surface area contributed by atoms with E-state index in [-0.39, 0.29) is 5.41 Å². The molecule has 2 aromatic heterocycles. The van der Waals surface area contributed by atoms with Crippen LogP contribution in [0.2, 0.25) is 0 Å². The third-order valence-corrected chi connectivity index (χ3v) is 15.2. The number of allylic oxidation sites excluding steroid dienone is 5. The SMILES string of the molecule is C=C(/C=C(\C=C/C)c1nc(-c2ccccc2)nc(-c2cccc(-c3ccc4c(c3)C(C)(C)C3CCCCC43)c2)n1)c1cccc2sc3ccc(-c4ccc(-c5ccccc5)cc4)cc3c12. The van der Waals surface area contributed by atoms with Gasteiger partial charge in [-0.05, 0) is 123 Å². The Balaban J connectivity index is 0.973. The Kier molecular flexibility index (Phi) is 10.6. The van der Waals surface area contributed by atoms with Crippen LogP contribution in [0.1, 0.15) is 74.9 Å². The summed E-state index contributed by atoms with van der Waals surface area (Å²) in [5.74, 6) is 3.28. The van der Waals surface area contributed by atoms with Crippen molar-refractivity contribution in [3.05, 3.63) is 211 Å². The van der Waals surface area contributed by atoms with E-state index in [4.69, 9.17) is 21.5 Å². The first kappa shape index (κ1) is 40.7. The number of hydrogen-bond donors (Lipinski definition) is 0. The average molecular weight is 858 g/mol. The molecule has 1 saturated carbocycles. The second-order valence-corrected chi connectivity index (χ2v) is 19.4. The molecule has 1 fully saturated rings. The molecule has 2 atom stereocenters. The molecule has 0 aliphatic heterocycles. The Morgan fingerprint density at radius 2 is 1.18 bits per heavy atom. The lowest BCUT2D eigenvalue weighted by Crippen LogP contribution is -2.28. The lowest BCUT2D eigenvalue weighted by Gasteiger charge is -2.34. The van der Waals surface area contributed by atoms with Crippen molar-refractivity contribution in [2.75, 3.05) is 0 Å². The van der Waals surface area contributed by atoms with Crippen molar-refractivity contribution < 1.29 is 0 Å². The minimum atomic E-state index is 0.169. The van der Waals surface area contributed by atoms with Gasteiger partial charge in [0.2, 0.25) is 0 Å². The molecule has 2 aliphatic rings. The topological polar surface area (TPSA) is 38.7 Å². The van der Waals surface area contributed by atoms with E-state index in [2.05, 4.69) is 172 Å². The minimum Gasteiger partial charge on any atom is -0.208 e. The standard InChI is InChI=1S/C61H51N3S/c1-5-16-47(35-39(2)49-24-15-26-56-57(49)52-37-45(32-34-55(52)65-56)42-29-27-41(28-30-42)40-17-8-6-9-18-40)59-62-58(43-19-10-7-11-20-43)63-60(64-59)48-22-14-21-44(36-48)46-31-33-51-50-23-12-13-25-53(50)61(3,4)54(51)38-46/h5-11,14-22,24,26-38,50,53H,2,12-13,23,25H2,1,3-4H3/b16-5-,47-35+. The zero-order chi connectivity index (χ0) is 44.1. The van der Waals surface area contributed by atoms with E-state index >= 15 is 0 Å². The van der Waals surface area contributed by atoms with Crippen molar-refractivity contribution in [1.29, 1.82) is 0 Å². The Morgan fingerprint density at radius 1 is 0.585 bits per heavy atom. The maximum Gasteiger partial charge on any atom is 0.164 e. The van der Waals surface area contributed by atoms with Crippen LogP contribution in [0.4, 0.5) is 0 Å². The Bertz CT molecular complexity index is 3320. The summed E-state index contributed by atoms with van der Waals surface area (Å²) in [6.07, 6.45) is 11.6. The molecule has 11 rings (SSSR count). The van der Waals surface area contributed by atoms with Crippen molar-refractivity contribution in [3.63, 3.8) is 0 Å². The average Bonchev–Trinajstić information content (AvgIpc) is 3.85. The second-order valence-electron chi connectivity index (χ2n) is 18.3. The van der Waals surface area contributed by atoms with E-state index in [1.54, 1.807) is 5.56 Å². The molecule has 65 heavy (non-hydrogen) atoms. The molecule has 4 heteroatoms. The van der Waals surface area contributed by atoms with Crippen molar-refractivity contribution in [2.45, 2.75) is 57.8 Å². The van der Waals surface area contributed by atoms with Gasteiger partial charge in [-0.15, -0.1) is 11.3 Å². The van der Waals surface area contributed by atoms with Gasteiger partial charge in [-0.25, -0.2) is 15.0 Å². The van der Waals surface area contributed by atoms with E-state index in [1.807, 2.05) is 42.5 Å². The zero-order valence-corrected chi connectivity index (χ0v) is 38.1. The fourth-order valence-electron chi connectivity index (χ4n) is 10.8. The maximum atomic E-state index is 5.25. The first-order valence-corrected chi connectivity index (χ1v) is 23.9. The second kappa shape index (κ2) is 16.8. The first-order chi connectivity index (χ1) is 31.8. The largest absolute Gasteiger partial charge is 0.208 e. The minimum absolute atomic E-state index is 0.169. The first-order valence-electron chi connectivity index (χ1n) is 23.0. The number of hydrogen-bond acceptors (Lipinski definition) is 4. The number of aromatic nitrogens is 3. The van der Waals surface area contributed by atoms with Crippen molar-refractivity contribution in [3.8, 4) is 56.2 Å². The molecule has 0 N–H and O–H groups in total. The van der Waals surface area contributed by atoms with E-state index in [0.717, 1.165) is 33.8 Å². The lowest BCUT2D eigenvalue weighted by molar-refractivity contribution is 0.233. The lowest BCUT2D eigenvalue weighted by atomic mass is 9.70. The van der Waals surface area contributed by atoms with Crippen LogP contribution >= 0.6 is 11.3 Å². The highest BCUT2D eigenvalue weighted by Gasteiger charge is 2.46. The number of nitrogens with zero attached hydrogens (tertiary/aromatic N) is 3. The number of thiophene rings is 1. The third kappa shape index (κ3) is 7.56. The van der Waals surface area contributed by atoms with E-state index in [9.17, 15) is 0 Å². The van der Waals surface area contributed by atoms with Gasteiger partial charge < -0.3 is 0 Å². The van der Waals surface area contributed by atoms with Gasteiger partial charge in [-0.1, -0.05) is 185 Å². The summed E-state index contributed by atoms with van der Waals surface area (Å²) in [4.78, 5) is 15.6. The molecular weight excluding hydrogens is 807 g/mol.